The van der Waals surface area contributed by atoms with Gasteiger partial charge >= 0.3 is 52.4 Å². The summed E-state index contributed by atoms with van der Waals surface area (Å²) in [5.74, 6) is 0. The van der Waals surface area contributed by atoms with Crippen LogP contribution in [0.4, 0.5) is 0 Å². The molecule has 0 saturated carbocycles. The fourth-order valence-corrected chi connectivity index (χ4v) is 1.84. The molecule has 190 valence electrons. The van der Waals surface area contributed by atoms with Crippen LogP contribution in [-0.4, -0.2) is 130 Å². The van der Waals surface area contributed by atoms with Gasteiger partial charge in [-0.15, -0.1) is 26.0 Å². The van der Waals surface area contributed by atoms with Crippen LogP contribution >= 0.6 is 0 Å². The maximum atomic E-state index is 9.37. The predicted molar refractivity (Wildman–Crippen MR) is 76.2 cm³/mol. The van der Waals surface area contributed by atoms with E-state index in [0.29, 0.717) is 0 Å². The Bertz CT molecular complexity index is 893. The third-order valence-electron chi connectivity index (χ3n) is 0.583. The van der Waals surface area contributed by atoms with Crippen molar-refractivity contribution in [2.45, 2.75) is 0 Å². The van der Waals surface area contributed by atoms with E-state index in [-0.39, 0.29) is 52.4 Å². The van der Waals surface area contributed by atoms with E-state index in [1.54, 1.807) is 0 Å². The largest absolute Gasteiger partial charge is 3.00 e. The van der Waals surface area contributed by atoms with Crippen molar-refractivity contribution in [2.75, 3.05) is 0 Å². The monoisotopic (exact) mass is 994 g/mol. The Balaban J connectivity index is -0.000000110. The van der Waals surface area contributed by atoms with Crippen LogP contribution in [0, 0.1) is 0 Å². The van der Waals surface area contributed by atoms with Crippen molar-refractivity contribution in [3.63, 3.8) is 0 Å². The Morgan fingerprint density at radius 1 is 0.281 bits per heavy atom. The molecule has 4 radical (unpaired) electrons. The number of rotatable bonds is 9. The molecule has 32 heteroatoms. The van der Waals surface area contributed by atoms with Crippen LogP contribution in [0.1, 0.15) is 0 Å². The summed E-state index contributed by atoms with van der Waals surface area (Å²) >= 11 is 0. The van der Waals surface area contributed by atoms with Gasteiger partial charge in [-0.25, -0.2) is 50.5 Å². The molecule has 0 aliphatic rings. The van der Waals surface area contributed by atoms with E-state index in [9.17, 15) is 77.8 Å². The molecule has 0 amide bonds. The van der Waals surface area contributed by atoms with Crippen molar-refractivity contribution in [1.29, 1.82) is 0 Å². The summed E-state index contributed by atoms with van der Waals surface area (Å²) in [6, 6.07) is 0. The molecule has 0 bridgehead atoms. The van der Waals surface area contributed by atoms with Crippen LogP contribution in [0.25, 0.3) is 0 Å². The Kier molecular flexibility index (Phi) is 22.4. The second kappa shape index (κ2) is 16.6. The Morgan fingerprint density at radius 3 is 0.375 bits per heavy atom. The summed E-state index contributed by atoms with van der Waals surface area (Å²) in [7, 11) is -31.9. The van der Waals surface area contributed by atoms with Crippen LogP contribution < -0.4 is 0 Å². The van der Waals surface area contributed by atoms with E-state index in [2.05, 4.69) is 26.0 Å². The maximum absolute atomic E-state index is 9.37. The molecule has 0 atom stereocenters. The van der Waals surface area contributed by atoms with Crippen molar-refractivity contribution in [3.8, 4) is 0 Å². The molecule has 24 nitrogen and oxygen atoms in total. The van der Waals surface area contributed by atoms with Crippen molar-refractivity contribution in [1.82, 2.24) is 0 Å². The molecule has 0 spiro atoms. The summed E-state index contributed by atoms with van der Waals surface area (Å²) in [5.41, 5.74) is 0. The van der Waals surface area contributed by atoms with Crippen LogP contribution in [0.15, 0.2) is 0 Å². The van der Waals surface area contributed by atoms with Crippen LogP contribution in [0.2, 0.25) is 0 Å². The van der Waals surface area contributed by atoms with E-state index in [4.69, 9.17) is 0 Å². The zero-order chi connectivity index (χ0) is 25.2. The molecule has 0 aromatic rings. The van der Waals surface area contributed by atoms with Gasteiger partial charge in [0.15, 0.2) is 0 Å². The average Bonchev–Trinajstić information content (AvgIpc) is 2.38. The van der Waals surface area contributed by atoms with Crippen LogP contribution in [0.3, 0.4) is 0 Å². The first-order valence-electron chi connectivity index (χ1n) is 4.50. The molecular weight excluding hydrogens is 994 g/mol. The third kappa shape index (κ3) is 57.6. The van der Waals surface area contributed by atoms with Crippen LogP contribution in [0.5, 0.6) is 0 Å². The van der Waals surface area contributed by atoms with Gasteiger partial charge in [0.1, 0.15) is 0 Å². The molecule has 0 rings (SSSR count). The fraction of sp³-hybridized carbons (Fsp3) is 0. The zero-order valence-corrected chi connectivity index (χ0v) is 25.0. The number of hydrogen-bond donors (Lipinski definition) is 0. The maximum Gasteiger partial charge on any atom is 3.00 e. The topological polar surface area (TPSA) is 399 Å². The van der Waals surface area contributed by atoms with Gasteiger partial charge in [0.2, 0.25) is 62.4 Å². The molecule has 0 N–H and O–H groups in total. The van der Waals surface area contributed by atoms with Gasteiger partial charge in [0.25, 0.3) is 0 Å². The van der Waals surface area contributed by atoms with Gasteiger partial charge in [-0.2, -0.15) is 0 Å². The van der Waals surface area contributed by atoms with E-state index in [1.807, 2.05) is 0 Å². The van der Waals surface area contributed by atoms with Crippen molar-refractivity contribution in [3.05, 3.63) is 0 Å². The molecule has 0 aliphatic heterocycles. The van der Waals surface area contributed by atoms with E-state index in [1.165, 1.54) is 0 Å². The summed E-state index contributed by atoms with van der Waals surface area (Å²) in [4.78, 5) is 0. The zero-order valence-electron chi connectivity index (χ0n) is 13.1. The minimum Gasteiger partial charge on any atom is -0.724 e. The predicted octanol–water partition coefficient (Wildman–Crippen LogP) is -7.20. The number of hydrogen-bond acceptors (Lipinski definition) is 24. The fourth-order valence-electron chi connectivity index (χ4n) is 0.204. The van der Waals surface area contributed by atoms with Gasteiger partial charge in [-0.1, -0.05) is 0 Å². The van der Waals surface area contributed by atoms with Crippen molar-refractivity contribution < 1.29 is 104 Å². The second-order valence-electron chi connectivity index (χ2n) is 2.86. The summed E-state index contributed by atoms with van der Waals surface area (Å²) in [5, 5.41) is 0. The molecule has 0 aromatic carbocycles. The summed E-state index contributed by atoms with van der Waals surface area (Å²) in [6.07, 6.45) is 0. The summed E-state index contributed by atoms with van der Waals surface area (Å²) in [6.45, 7) is 0. The Labute approximate surface area is 216 Å². The molecule has 0 aliphatic carbocycles. The van der Waals surface area contributed by atoms with E-state index >= 15 is 0 Å². The summed E-state index contributed by atoms with van der Waals surface area (Å²) < 4.78 is 184. The molecule has 0 aromatic heterocycles. The molecule has 0 fully saturated rings. The Hall–Kier alpha value is 0.986. The molecule has 32 heavy (non-hydrogen) atoms. The quantitative estimate of drug-likeness (QED) is 0.0681. The smallest absolute Gasteiger partial charge is 0.724 e. The van der Waals surface area contributed by atoms with Gasteiger partial charge < -0.3 is 27.3 Å². The SMILES string of the molecule is O=S(=O)([O-])OOS(=O)(=O)[O-].O=S(=O)([O-])OOS(=O)(=O)[O-].O=S(=O)([O-])OOS(=O)(=O)[O-].[Bi+3].[Bi+3]. The first kappa shape index (κ1) is 43.1. The van der Waals surface area contributed by atoms with Crippen LogP contribution in [-0.2, 0) is 88.4 Å². The third-order valence-corrected chi connectivity index (χ3v) is 2.25. The minimum absolute atomic E-state index is 0. The molecule has 0 heterocycles. The van der Waals surface area contributed by atoms with Gasteiger partial charge in [0.05, 0.1) is 0 Å². The molecular formula is Bi2O24S6. The van der Waals surface area contributed by atoms with E-state index in [0.717, 1.165) is 0 Å². The average molecular weight is 994 g/mol. The van der Waals surface area contributed by atoms with Gasteiger partial charge in [-0.3, -0.25) is 0 Å². The standard InChI is InChI=1S/2Bi.3H2O8S2/c;;3*1-9(2,3)7-8-10(4,5)6/h;;3*(H,1,2,3)(H,4,5,6)/q2*+3;;;/p-6. The first-order chi connectivity index (χ1) is 12.6. The van der Waals surface area contributed by atoms with E-state index < -0.39 is 62.4 Å². The minimum atomic E-state index is -5.31. The second-order valence-corrected chi connectivity index (χ2v) is 8.57. The normalized spacial score (nSPS) is 12.6. The van der Waals surface area contributed by atoms with Gasteiger partial charge in [0, 0.05) is 0 Å². The molecule has 0 unspecified atom stereocenters. The Morgan fingerprint density at radius 2 is 0.344 bits per heavy atom. The van der Waals surface area contributed by atoms with Crippen molar-refractivity contribution in [2.24, 2.45) is 0 Å². The van der Waals surface area contributed by atoms with Crippen molar-refractivity contribution >= 4 is 115 Å². The first-order valence-corrected chi connectivity index (χ1v) is 12.5. The van der Waals surface area contributed by atoms with Gasteiger partial charge in [-0.05, 0) is 0 Å². The molecule has 0 saturated heterocycles.